The Hall–Kier alpha value is -2.65. The average Bonchev–Trinajstić information content (AvgIpc) is 3.35. The SMILES string of the molecule is O=S(=O)(c1ccc(F)c(F)c1)N1CCCC1Cc1noc(-c2ccccc2)n1. The second kappa shape index (κ2) is 7.40. The number of rotatable bonds is 5. The van der Waals surface area contributed by atoms with E-state index in [9.17, 15) is 17.2 Å². The third-order valence-electron chi connectivity index (χ3n) is 4.73. The maximum atomic E-state index is 13.5. The Morgan fingerprint density at radius 2 is 1.89 bits per heavy atom. The zero-order valence-electron chi connectivity index (χ0n) is 14.8. The summed E-state index contributed by atoms with van der Waals surface area (Å²) in [5, 5.41) is 3.95. The van der Waals surface area contributed by atoms with Gasteiger partial charge in [-0.2, -0.15) is 9.29 Å². The normalized spacial score (nSPS) is 17.9. The van der Waals surface area contributed by atoms with Crippen molar-refractivity contribution in [1.29, 1.82) is 0 Å². The molecule has 0 spiro atoms. The predicted molar refractivity (Wildman–Crippen MR) is 96.7 cm³/mol. The molecule has 1 saturated heterocycles. The largest absolute Gasteiger partial charge is 0.334 e. The van der Waals surface area contributed by atoms with Crippen LogP contribution in [-0.4, -0.2) is 35.5 Å². The Morgan fingerprint density at radius 3 is 2.64 bits per heavy atom. The third-order valence-corrected chi connectivity index (χ3v) is 6.68. The van der Waals surface area contributed by atoms with Crippen LogP contribution < -0.4 is 0 Å². The zero-order valence-corrected chi connectivity index (χ0v) is 15.6. The summed E-state index contributed by atoms with van der Waals surface area (Å²) in [7, 11) is -3.95. The molecule has 1 aliphatic rings. The molecule has 0 bridgehead atoms. The molecule has 0 saturated carbocycles. The zero-order chi connectivity index (χ0) is 19.7. The summed E-state index contributed by atoms with van der Waals surface area (Å²) in [4.78, 5) is 4.08. The maximum Gasteiger partial charge on any atom is 0.257 e. The molecule has 0 N–H and O–H groups in total. The summed E-state index contributed by atoms with van der Waals surface area (Å²) in [6.45, 7) is 0.301. The second-order valence-corrected chi connectivity index (χ2v) is 8.46. The summed E-state index contributed by atoms with van der Waals surface area (Å²) >= 11 is 0. The van der Waals surface area contributed by atoms with Crippen LogP contribution in [0.1, 0.15) is 18.7 Å². The van der Waals surface area contributed by atoms with Gasteiger partial charge in [0, 0.05) is 24.6 Å². The van der Waals surface area contributed by atoms with E-state index in [1.807, 2.05) is 30.3 Å². The predicted octanol–water partition coefficient (Wildman–Crippen LogP) is 3.41. The van der Waals surface area contributed by atoms with Crippen molar-refractivity contribution in [3.63, 3.8) is 0 Å². The molecule has 3 aromatic rings. The van der Waals surface area contributed by atoms with Crippen LogP contribution in [-0.2, 0) is 16.4 Å². The van der Waals surface area contributed by atoms with Crippen LogP contribution in [0.25, 0.3) is 11.5 Å². The Kier molecular flexibility index (Phi) is 4.94. The topological polar surface area (TPSA) is 76.3 Å². The molecule has 0 amide bonds. The fraction of sp³-hybridized carbons (Fsp3) is 0.263. The first kappa shape index (κ1) is 18.7. The molecule has 1 atom stereocenters. The Bertz CT molecular complexity index is 1090. The van der Waals surface area contributed by atoms with Crippen LogP contribution in [0.5, 0.6) is 0 Å². The first-order chi connectivity index (χ1) is 13.4. The van der Waals surface area contributed by atoms with Crippen molar-refractivity contribution in [3.8, 4) is 11.5 Å². The van der Waals surface area contributed by atoms with Gasteiger partial charge in [-0.15, -0.1) is 0 Å². The second-order valence-electron chi connectivity index (χ2n) is 6.57. The number of hydrogen-bond donors (Lipinski definition) is 0. The van der Waals surface area contributed by atoms with Gasteiger partial charge in [-0.25, -0.2) is 17.2 Å². The van der Waals surface area contributed by atoms with Crippen molar-refractivity contribution in [2.45, 2.75) is 30.2 Å². The highest BCUT2D eigenvalue weighted by atomic mass is 32.2. The minimum Gasteiger partial charge on any atom is -0.334 e. The van der Waals surface area contributed by atoms with E-state index in [-0.39, 0.29) is 17.4 Å². The van der Waals surface area contributed by atoms with Gasteiger partial charge in [-0.3, -0.25) is 0 Å². The first-order valence-corrected chi connectivity index (χ1v) is 10.2. The monoisotopic (exact) mass is 405 g/mol. The van der Waals surface area contributed by atoms with Crippen LogP contribution in [0.3, 0.4) is 0 Å². The van der Waals surface area contributed by atoms with Crippen molar-refractivity contribution in [3.05, 3.63) is 66.0 Å². The molecule has 2 heterocycles. The van der Waals surface area contributed by atoms with Crippen molar-refractivity contribution in [2.24, 2.45) is 0 Å². The highest BCUT2D eigenvalue weighted by molar-refractivity contribution is 7.89. The van der Waals surface area contributed by atoms with Gasteiger partial charge in [0.15, 0.2) is 17.5 Å². The summed E-state index contributed by atoms with van der Waals surface area (Å²) in [5.41, 5.74) is 0.777. The van der Waals surface area contributed by atoms with Gasteiger partial charge in [0.05, 0.1) is 4.90 Å². The molecule has 146 valence electrons. The van der Waals surface area contributed by atoms with Crippen LogP contribution >= 0.6 is 0 Å². The average molecular weight is 405 g/mol. The summed E-state index contributed by atoms with van der Waals surface area (Å²) in [6.07, 6.45) is 1.56. The van der Waals surface area contributed by atoms with Crippen molar-refractivity contribution >= 4 is 10.0 Å². The standard InChI is InChI=1S/C19H17F2N3O3S/c20-16-9-8-15(12-17(16)21)28(25,26)24-10-4-7-14(24)11-18-22-19(27-23-18)13-5-2-1-3-6-13/h1-3,5-6,8-9,12,14H,4,7,10-11H2. The molecular weight excluding hydrogens is 388 g/mol. The van der Waals surface area contributed by atoms with E-state index >= 15 is 0 Å². The minimum atomic E-state index is -3.95. The number of hydrogen-bond acceptors (Lipinski definition) is 5. The Balaban J connectivity index is 1.55. The Morgan fingerprint density at radius 1 is 1.11 bits per heavy atom. The molecule has 1 fully saturated rings. The molecule has 2 aromatic carbocycles. The fourth-order valence-electron chi connectivity index (χ4n) is 3.35. The van der Waals surface area contributed by atoms with Crippen molar-refractivity contribution in [1.82, 2.24) is 14.4 Å². The Labute approximate surface area is 160 Å². The molecule has 1 aromatic heterocycles. The third kappa shape index (κ3) is 3.55. The number of nitrogens with zero attached hydrogens (tertiary/aromatic N) is 3. The van der Waals surface area contributed by atoms with Gasteiger partial charge >= 0.3 is 0 Å². The van der Waals surface area contributed by atoms with Gasteiger partial charge in [0.25, 0.3) is 5.89 Å². The molecule has 9 heteroatoms. The number of aromatic nitrogens is 2. The van der Waals surface area contributed by atoms with E-state index in [4.69, 9.17) is 4.52 Å². The lowest BCUT2D eigenvalue weighted by Crippen LogP contribution is -2.37. The van der Waals surface area contributed by atoms with Gasteiger partial charge in [0.1, 0.15) is 0 Å². The smallest absolute Gasteiger partial charge is 0.257 e. The number of halogens is 2. The van der Waals surface area contributed by atoms with Crippen LogP contribution in [0.4, 0.5) is 8.78 Å². The van der Waals surface area contributed by atoms with Crippen molar-refractivity contribution in [2.75, 3.05) is 6.54 Å². The van der Waals surface area contributed by atoms with Gasteiger partial charge in [-0.1, -0.05) is 23.4 Å². The molecule has 4 rings (SSSR count). The van der Waals surface area contributed by atoms with Gasteiger partial charge < -0.3 is 4.52 Å². The molecule has 1 aliphatic heterocycles. The van der Waals surface area contributed by atoms with E-state index in [0.717, 1.165) is 17.7 Å². The highest BCUT2D eigenvalue weighted by Crippen LogP contribution is 2.29. The lowest BCUT2D eigenvalue weighted by molar-refractivity contribution is 0.369. The fourth-order valence-corrected chi connectivity index (χ4v) is 5.05. The molecule has 0 aliphatic carbocycles. The van der Waals surface area contributed by atoms with E-state index in [2.05, 4.69) is 10.1 Å². The van der Waals surface area contributed by atoms with Crippen LogP contribution in [0, 0.1) is 11.6 Å². The molecule has 1 unspecified atom stereocenters. The lowest BCUT2D eigenvalue weighted by Gasteiger charge is -2.23. The maximum absolute atomic E-state index is 13.5. The highest BCUT2D eigenvalue weighted by Gasteiger charge is 2.36. The van der Waals surface area contributed by atoms with Crippen molar-refractivity contribution < 1.29 is 21.7 Å². The first-order valence-electron chi connectivity index (χ1n) is 8.80. The van der Waals surface area contributed by atoms with Crippen LogP contribution in [0.15, 0.2) is 57.9 Å². The quantitative estimate of drug-likeness (QED) is 0.650. The molecular formula is C19H17F2N3O3S. The number of benzene rings is 2. The van der Waals surface area contributed by atoms with E-state index in [1.165, 1.54) is 4.31 Å². The summed E-state index contributed by atoms with van der Waals surface area (Å²) in [5.74, 6) is -1.51. The summed E-state index contributed by atoms with van der Waals surface area (Å²) < 4.78 is 59.0. The minimum absolute atomic E-state index is 0.267. The molecule has 0 radical (unpaired) electrons. The van der Waals surface area contributed by atoms with Gasteiger partial charge in [-0.05, 0) is 43.2 Å². The van der Waals surface area contributed by atoms with Gasteiger partial charge in [0.2, 0.25) is 10.0 Å². The summed E-state index contributed by atoms with van der Waals surface area (Å²) in [6, 6.07) is 11.5. The number of sulfonamides is 1. The van der Waals surface area contributed by atoms with E-state index < -0.39 is 21.7 Å². The lowest BCUT2D eigenvalue weighted by atomic mass is 10.1. The van der Waals surface area contributed by atoms with Crippen LogP contribution in [0.2, 0.25) is 0 Å². The molecule has 6 nitrogen and oxygen atoms in total. The van der Waals surface area contributed by atoms with E-state index in [0.29, 0.717) is 37.2 Å². The molecule has 28 heavy (non-hydrogen) atoms. The van der Waals surface area contributed by atoms with E-state index in [1.54, 1.807) is 0 Å².